The zero-order chi connectivity index (χ0) is 19.3. The fourth-order valence-electron chi connectivity index (χ4n) is 2.45. The number of ether oxygens (including phenoxy) is 2. The lowest BCUT2D eigenvalue weighted by atomic mass is 10.2. The topological polar surface area (TPSA) is 68.3 Å². The molecule has 0 amide bonds. The molecule has 2 aromatic rings. The third kappa shape index (κ3) is 5.76. The number of hydrogen-bond donors (Lipinski definition) is 2. The average molecular weight is 398 g/mol. The van der Waals surface area contributed by atoms with Crippen molar-refractivity contribution in [2.45, 2.75) is 25.1 Å². The quantitative estimate of drug-likeness (QED) is 0.744. The van der Waals surface area contributed by atoms with Crippen LogP contribution in [0, 0.1) is 0 Å². The molecule has 1 saturated heterocycles. The number of alkyl halides is 3. The van der Waals surface area contributed by atoms with Crippen LogP contribution in [0.15, 0.2) is 36.4 Å². The zero-order valence-electron chi connectivity index (χ0n) is 14.1. The van der Waals surface area contributed by atoms with Crippen LogP contribution in [-0.4, -0.2) is 34.3 Å². The van der Waals surface area contributed by atoms with E-state index in [0.29, 0.717) is 18.9 Å². The summed E-state index contributed by atoms with van der Waals surface area (Å²) in [5, 5.41) is 5.57. The Kier molecular flexibility index (Phi) is 6.07. The smallest absolute Gasteiger partial charge is 0.433 e. The summed E-state index contributed by atoms with van der Waals surface area (Å²) >= 11 is 5.10. The van der Waals surface area contributed by atoms with Gasteiger partial charge in [0.2, 0.25) is 11.8 Å². The number of anilines is 1. The summed E-state index contributed by atoms with van der Waals surface area (Å²) in [6, 6.07) is 9.11. The van der Waals surface area contributed by atoms with E-state index in [1.807, 2.05) is 0 Å². The van der Waals surface area contributed by atoms with Gasteiger partial charge in [-0.2, -0.15) is 18.2 Å². The van der Waals surface area contributed by atoms with E-state index in [1.165, 1.54) is 0 Å². The largest absolute Gasteiger partial charge is 0.439 e. The highest BCUT2D eigenvalue weighted by Crippen LogP contribution is 2.31. The minimum atomic E-state index is -4.65. The Morgan fingerprint density at radius 2 is 2.04 bits per heavy atom. The number of nitrogens with zero attached hydrogens (tertiary/aromatic N) is 2. The van der Waals surface area contributed by atoms with Gasteiger partial charge >= 0.3 is 6.18 Å². The lowest BCUT2D eigenvalue weighted by Gasteiger charge is -2.15. The van der Waals surface area contributed by atoms with Crippen molar-refractivity contribution < 1.29 is 22.6 Å². The summed E-state index contributed by atoms with van der Waals surface area (Å²) in [5.41, 5.74) is -1.13. The van der Waals surface area contributed by atoms with Crippen molar-refractivity contribution in [1.82, 2.24) is 15.3 Å². The Morgan fingerprint density at radius 3 is 2.70 bits per heavy atom. The highest BCUT2D eigenvalue weighted by molar-refractivity contribution is 7.80. The van der Waals surface area contributed by atoms with E-state index in [2.05, 4.69) is 20.6 Å². The first-order valence-corrected chi connectivity index (χ1v) is 8.66. The van der Waals surface area contributed by atoms with Crippen LogP contribution in [0.5, 0.6) is 11.6 Å². The van der Waals surface area contributed by atoms with E-state index in [0.717, 1.165) is 18.9 Å². The van der Waals surface area contributed by atoms with Crippen LogP contribution >= 0.6 is 12.2 Å². The maximum absolute atomic E-state index is 13.1. The molecule has 1 aromatic carbocycles. The second kappa shape index (κ2) is 8.49. The van der Waals surface area contributed by atoms with Crippen molar-refractivity contribution in [3.8, 4) is 11.6 Å². The van der Waals surface area contributed by atoms with Crippen LogP contribution in [0.4, 0.5) is 19.1 Å². The van der Waals surface area contributed by atoms with Gasteiger partial charge < -0.3 is 20.1 Å². The third-order valence-corrected chi connectivity index (χ3v) is 3.94. The lowest BCUT2D eigenvalue weighted by molar-refractivity contribution is -0.141. The Labute approximate surface area is 159 Å². The zero-order valence-corrected chi connectivity index (χ0v) is 14.9. The number of rotatable bonds is 5. The van der Waals surface area contributed by atoms with Crippen LogP contribution in [0.3, 0.4) is 0 Å². The molecular formula is C17H17F3N4O2S. The number of para-hydroxylation sites is 1. The normalized spacial score (nSPS) is 16.8. The maximum atomic E-state index is 13.1. The van der Waals surface area contributed by atoms with Crippen LogP contribution < -0.4 is 15.4 Å². The molecule has 3 rings (SSSR count). The molecule has 0 saturated carbocycles. The summed E-state index contributed by atoms with van der Waals surface area (Å²) in [6.45, 7) is 1.15. The van der Waals surface area contributed by atoms with E-state index in [9.17, 15) is 13.2 Å². The number of aromatic nitrogens is 2. The molecule has 0 bridgehead atoms. The number of halogens is 3. The van der Waals surface area contributed by atoms with E-state index in [-0.39, 0.29) is 23.0 Å². The summed E-state index contributed by atoms with van der Waals surface area (Å²) in [5.74, 6) is -0.192. The van der Waals surface area contributed by atoms with Gasteiger partial charge in [-0.3, -0.25) is 0 Å². The standard InChI is InChI=1S/C17H17F3N4O2S/c18-17(19,20)13-9-14(26-11-5-2-1-3-6-11)23-15(22-13)24-16(27)21-10-12-7-4-8-25-12/h1-3,5-6,9,12H,4,7-8,10H2,(H2,21,22,23,24,27)/t12-/m1/s1. The van der Waals surface area contributed by atoms with Crippen LogP contribution in [0.2, 0.25) is 0 Å². The molecule has 1 aliphatic rings. The SMILES string of the molecule is FC(F)(F)c1cc(Oc2ccccc2)nc(NC(=S)NC[C@H]2CCCO2)n1. The maximum Gasteiger partial charge on any atom is 0.433 e. The van der Waals surface area contributed by atoms with Gasteiger partial charge in [0.25, 0.3) is 0 Å². The summed E-state index contributed by atoms with van der Waals surface area (Å²) in [6.07, 6.45) is -2.74. The molecule has 1 aromatic heterocycles. The second-order valence-electron chi connectivity index (χ2n) is 5.80. The van der Waals surface area contributed by atoms with E-state index < -0.39 is 11.9 Å². The Bertz CT molecular complexity index is 783. The molecule has 10 heteroatoms. The summed E-state index contributed by atoms with van der Waals surface area (Å²) in [7, 11) is 0. The fraction of sp³-hybridized carbons (Fsp3) is 0.353. The molecule has 1 aliphatic heterocycles. The first kappa shape index (κ1) is 19.3. The van der Waals surface area contributed by atoms with Gasteiger partial charge in [0.05, 0.1) is 6.10 Å². The summed E-state index contributed by atoms with van der Waals surface area (Å²) < 4.78 is 50.3. The Morgan fingerprint density at radius 1 is 1.26 bits per heavy atom. The molecule has 6 nitrogen and oxygen atoms in total. The van der Waals surface area contributed by atoms with Crippen molar-refractivity contribution in [2.24, 2.45) is 0 Å². The third-order valence-electron chi connectivity index (χ3n) is 3.70. The second-order valence-corrected chi connectivity index (χ2v) is 6.21. The van der Waals surface area contributed by atoms with Crippen molar-refractivity contribution in [3.05, 3.63) is 42.1 Å². The minimum Gasteiger partial charge on any atom is -0.439 e. The molecule has 0 radical (unpaired) electrons. The first-order chi connectivity index (χ1) is 12.9. The number of thiocarbonyl (C=S) groups is 1. The molecule has 27 heavy (non-hydrogen) atoms. The van der Waals surface area contributed by atoms with Gasteiger partial charge in [0.1, 0.15) is 5.75 Å². The fourth-order valence-corrected chi connectivity index (χ4v) is 2.62. The van der Waals surface area contributed by atoms with Gasteiger partial charge in [0.15, 0.2) is 10.8 Å². The Balaban J connectivity index is 1.72. The van der Waals surface area contributed by atoms with Crippen LogP contribution in [-0.2, 0) is 10.9 Å². The molecule has 0 unspecified atom stereocenters. The van der Waals surface area contributed by atoms with Gasteiger partial charge in [-0.25, -0.2) is 4.98 Å². The van der Waals surface area contributed by atoms with Gasteiger partial charge in [-0.05, 0) is 37.2 Å². The van der Waals surface area contributed by atoms with E-state index in [1.54, 1.807) is 30.3 Å². The predicted molar refractivity (Wildman–Crippen MR) is 96.7 cm³/mol. The predicted octanol–water partition coefficient (Wildman–Crippen LogP) is 3.75. The molecule has 144 valence electrons. The highest BCUT2D eigenvalue weighted by atomic mass is 32.1. The molecule has 1 fully saturated rings. The molecular weight excluding hydrogens is 381 g/mol. The van der Waals surface area contributed by atoms with Gasteiger partial charge in [-0.1, -0.05) is 18.2 Å². The monoisotopic (exact) mass is 398 g/mol. The number of nitrogens with one attached hydrogen (secondary N) is 2. The molecule has 1 atom stereocenters. The Hall–Kier alpha value is -2.46. The molecule has 0 aliphatic carbocycles. The van der Waals surface area contributed by atoms with Crippen molar-refractivity contribution in [2.75, 3.05) is 18.5 Å². The lowest BCUT2D eigenvalue weighted by Crippen LogP contribution is -2.35. The van der Waals surface area contributed by atoms with Gasteiger partial charge in [0, 0.05) is 19.2 Å². The molecule has 2 heterocycles. The summed E-state index contributed by atoms with van der Waals surface area (Å²) in [4.78, 5) is 7.44. The van der Waals surface area contributed by atoms with E-state index >= 15 is 0 Å². The van der Waals surface area contributed by atoms with E-state index in [4.69, 9.17) is 21.7 Å². The van der Waals surface area contributed by atoms with Gasteiger partial charge in [-0.15, -0.1) is 0 Å². The number of benzene rings is 1. The van der Waals surface area contributed by atoms with Crippen molar-refractivity contribution in [1.29, 1.82) is 0 Å². The minimum absolute atomic E-state index is 0.0316. The number of hydrogen-bond acceptors (Lipinski definition) is 5. The average Bonchev–Trinajstić information content (AvgIpc) is 3.13. The molecule has 0 spiro atoms. The first-order valence-electron chi connectivity index (χ1n) is 8.26. The highest BCUT2D eigenvalue weighted by Gasteiger charge is 2.34. The van der Waals surface area contributed by atoms with Crippen LogP contribution in [0.1, 0.15) is 18.5 Å². The van der Waals surface area contributed by atoms with Crippen LogP contribution in [0.25, 0.3) is 0 Å². The van der Waals surface area contributed by atoms with Crippen molar-refractivity contribution in [3.63, 3.8) is 0 Å². The van der Waals surface area contributed by atoms with Crippen molar-refractivity contribution >= 4 is 23.3 Å². The molecule has 2 N–H and O–H groups in total.